The number of anilines is 1. The number of carboxylic acids is 1. The Morgan fingerprint density at radius 2 is 2.19 bits per heavy atom. The summed E-state index contributed by atoms with van der Waals surface area (Å²) in [4.78, 5) is 20.4. The molecule has 6 heteroatoms. The highest BCUT2D eigenvalue weighted by atomic mass is 16.5. The SMILES string of the molecule is COc1ccc(C(CC(=O)O)C2CC(CC/C=C/c3ccc4c(n3)NCCC4)C2)cn1. The van der Waals surface area contributed by atoms with Crippen molar-refractivity contribution in [3.05, 3.63) is 53.4 Å². The number of fused-ring (bicyclic) bond motifs is 1. The third-order valence-corrected chi connectivity index (χ3v) is 6.58. The summed E-state index contributed by atoms with van der Waals surface area (Å²) in [5, 5.41) is 12.8. The maximum absolute atomic E-state index is 11.4. The molecule has 3 heterocycles. The normalized spacial score (nSPS) is 21.1. The minimum absolute atomic E-state index is 0.0230. The third kappa shape index (κ3) is 5.43. The molecular formula is C25H31N3O3. The van der Waals surface area contributed by atoms with Crippen LogP contribution < -0.4 is 10.1 Å². The monoisotopic (exact) mass is 421 g/mol. The first-order valence-corrected chi connectivity index (χ1v) is 11.2. The molecule has 2 aliphatic rings. The number of hydrogen-bond acceptors (Lipinski definition) is 5. The van der Waals surface area contributed by atoms with E-state index >= 15 is 0 Å². The summed E-state index contributed by atoms with van der Waals surface area (Å²) >= 11 is 0. The number of aromatic nitrogens is 2. The lowest BCUT2D eigenvalue weighted by Gasteiger charge is -2.40. The van der Waals surface area contributed by atoms with Crippen molar-refractivity contribution in [1.82, 2.24) is 9.97 Å². The molecule has 0 amide bonds. The summed E-state index contributed by atoms with van der Waals surface area (Å²) < 4.78 is 5.12. The highest BCUT2D eigenvalue weighted by Crippen LogP contribution is 2.46. The number of ether oxygens (including phenoxy) is 1. The lowest BCUT2D eigenvalue weighted by atomic mass is 9.65. The van der Waals surface area contributed by atoms with Crippen LogP contribution in [0, 0.1) is 11.8 Å². The number of nitrogens with zero attached hydrogens (tertiary/aromatic N) is 2. The van der Waals surface area contributed by atoms with Gasteiger partial charge in [0.1, 0.15) is 5.82 Å². The van der Waals surface area contributed by atoms with Gasteiger partial charge in [-0.25, -0.2) is 9.97 Å². The first kappa shape index (κ1) is 21.3. The lowest BCUT2D eigenvalue weighted by Crippen LogP contribution is -2.30. The second-order valence-electron chi connectivity index (χ2n) is 8.69. The van der Waals surface area contributed by atoms with Crippen molar-refractivity contribution in [2.45, 2.75) is 50.9 Å². The number of nitrogens with one attached hydrogen (secondary N) is 1. The van der Waals surface area contributed by atoms with Crippen LogP contribution in [0.5, 0.6) is 5.88 Å². The number of carbonyl (C=O) groups is 1. The van der Waals surface area contributed by atoms with Gasteiger partial charge in [0.15, 0.2) is 0 Å². The molecule has 1 fully saturated rings. The molecule has 1 saturated carbocycles. The van der Waals surface area contributed by atoms with Gasteiger partial charge in [-0.05, 0) is 79.5 Å². The molecule has 1 unspecified atom stereocenters. The van der Waals surface area contributed by atoms with E-state index in [1.54, 1.807) is 13.3 Å². The highest BCUT2D eigenvalue weighted by molar-refractivity contribution is 5.68. The van der Waals surface area contributed by atoms with Crippen molar-refractivity contribution in [1.29, 1.82) is 0 Å². The van der Waals surface area contributed by atoms with Crippen LogP contribution in [0.25, 0.3) is 6.08 Å². The molecule has 0 saturated heterocycles. The Hall–Kier alpha value is -2.89. The molecule has 1 aliphatic carbocycles. The minimum Gasteiger partial charge on any atom is -0.481 e. The molecule has 31 heavy (non-hydrogen) atoms. The first-order chi connectivity index (χ1) is 15.1. The fourth-order valence-corrected chi connectivity index (χ4v) is 4.80. The number of allylic oxidation sites excluding steroid dienone is 1. The van der Waals surface area contributed by atoms with E-state index in [9.17, 15) is 9.90 Å². The van der Waals surface area contributed by atoms with Crippen LogP contribution in [0.2, 0.25) is 0 Å². The summed E-state index contributed by atoms with van der Waals surface area (Å²) in [5.41, 5.74) is 3.32. The van der Waals surface area contributed by atoms with Crippen molar-refractivity contribution in [2.24, 2.45) is 11.8 Å². The fraction of sp³-hybridized carbons (Fsp3) is 0.480. The maximum Gasteiger partial charge on any atom is 0.303 e. The van der Waals surface area contributed by atoms with Gasteiger partial charge in [0, 0.05) is 18.8 Å². The van der Waals surface area contributed by atoms with Crippen LogP contribution in [0.3, 0.4) is 0 Å². The van der Waals surface area contributed by atoms with Gasteiger partial charge >= 0.3 is 5.97 Å². The Labute approximate surface area is 183 Å². The number of rotatable bonds is 9. The first-order valence-electron chi connectivity index (χ1n) is 11.2. The predicted molar refractivity (Wildman–Crippen MR) is 121 cm³/mol. The molecule has 0 spiro atoms. The summed E-state index contributed by atoms with van der Waals surface area (Å²) in [7, 11) is 1.58. The van der Waals surface area contributed by atoms with Crippen LogP contribution >= 0.6 is 0 Å². The number of carboxylic acid groups (broad SMARTS) is 1. The van der Waals surface area contributed by atoms with E-state index in [1.165, 1.54) is 12.0 Å². The van der Waals surface area contributed by atoms with Crippen LogP contribution in [0.1, 0.15) is 61.3 Å². The van der Waals surface area contributed by atoms with Crippen molar-refractivity contribution in [2.75, 3.05) is 19.0 Å². The zero-order valence-corrected chi connectivity index (χ0v) is 18.1. The Balaban J connectivity index is 1.26. The van der Waals surface area contributed by atoms with Crippen LogP contribution in [-0.4, -0.2) is 34.7 Å². The van der Waals surface area contributed by atoms with Gasteiger partial charge in [-0.1, -0.05) is 18.2 Å². The van der Waals surface area contributed by atoms with E-state index in [0.29, 0.717) is 17.7 Å². The molecule has 0 aromatic carbocycles. The zero-order chi connectivity index (χ0) is 21.6. The largest absolute Gasteiger partial charge is 0.481 e. The van der Waals surface area contributed by atoms with Crippen LogP contribution in [0.15, 0.2) is 36.5 Å². The molecule has 2 N–H and O–H groups in total. The standard InChI is InChI=1S/C25H31N3O3/c1-31-23-11-9-19(16-27-23)22(15-24(29)30)20-13-17(14-20)5-2-3-7-21-10-8-18-6-4-12-26-25(18)28-21/h3,7-11,16-17,20,22H,2,4-6,12-15H2,1H3,(H,26,28)(H,29,30)/b7-3+. The second-order valence-corrected chi connectivity index (χ2v) is 8.69. The van der Waals surface area contributed by atoms with Crippen molar-refractivity contribution < 1.29 is 14.6 Å². The van der Waals surface area contributed by atoms with E-state index in [2.05, 4.69) is 34.6 Å². The van der Waals surface area contributed by atoms with Gasteiger partial charge in [-0.3, -0.25) is 4.79 Å². The number of hydrogen-bond donors (Lipinski definition) is 2. The third-order valence-electron chi connectivity index (χ3n) is 6.58. The van der Waals surface area contributed by atoms with Crippen LogP contribution in [0.4, 0.5) is 5.82 Å². The molecule has 2 aromatic heterocycles. The van der Waals surface area contributed by atoms with E-state index in [1.807, 2.05) is 12.1 Å². The van der Waals surface area contributed by atoms with Crippen LogP contribution in [-0.2, 0) is 11.2 Å². The summed E-state index contributed by atoms with van der Waals surface area (Å²) in [5.74, 6) is 1.94. The van der Waals surface area contributed by atoms with Gasteiger partial charge in [-0.2, -0.15) is 0 Å². The topological polar surface area (TPSA) is 84.3 Å². The fourth-order valence-electron chi connectivity index (χ4n) is 4.80. The maximum atomic E-state index is 11.4. The van der Waals surface area contributed by atoms with Crippen molar-refractivity contribution >= 4 is 17.9 Å². The Kier molecular flexibility index (Phi) is 6.85. The molecule has 0 radical (unpaired) electrons. The lowest BCUT2D eigenvalue weighted by molar-refractivity contribution is -0.138. The molecule has 6 nitrogen and oxygen atoms in total. The number of pyridine rings is 2. The zero-order valence-electron chi connectivity index (χ0n) is 18.1. The highest BCUT2D eigenvalue weighted by Gasteiger charge is 2.36. The quantitative estimate of drug-likeness (QED) is 0.598. The predicted octanol–water partition coefficient (Wildman–Crippen LogP) is 4.92. The Morgan fingerprint density at radius 1 is 1.32 bits per heavy atom. The van der Waals surface area contributed by atoms with E-state index < -0.39 is 5.97 Å². The number of aliphatic carboxylic acids is 1. The molecule has 1 atom stereocenters. The Bertz CT molecular complexity index is 920. The Morgan fingerprint density at radius 3 is 2.94 bits per heavy atom. The van der Waals surface area contributed by atoms with Gasteiger partial charge in [0.05, 0.1) is 19.2 Å². The average Bonchev–Trinajstić information content (AvgIpc) is 2.76. The smallest absolute Gasteiger partial charge is 0.303 e. The second kappa shape index (κ2) is 9.94. The number of methoxy groups -OCH3 is 1. The van der Waals surface area contributed by atoms with Gasteiger partial charge in [-0.15, -0.1) is 0 Å². The van der Waals surface area contributed by atoms with Crippen molar-refractivity contribution in [3.8, 4) is 5.88 Å². The summed E-state index contributed by atoms with van der Waals surface area (Å²) in [6, 6.07) is 8.05. The summed E-state index contributed by atoms with van der Waals surface area (Å²) in [6.45, 7) is 1.01. The molecule has 0 bridgehead atoms. The molecule has 4 rings (SSSR count). The van der Waals surface area contributed by atoms with Gasteiger partial charge < -0.3 is 15.2 Å². The minimum atomic E-state index is -0.751. The molecule has 164 valence electrons. The molecule has 2 aromatic rings. The van der Waals surface area contributed by atoms with Gasteiger partial charge in [0.2, 0.25) is 5.88 Å². The van der Waals surface area contributed by atoms with E-state index in [-0.39, 0.29) is 12.3 Å². The molecular weight excluding hydrogens is 390 g/mol. The summed E-state index contributed by atoms with van der Waals surface area (Å²) in [6.07, 6.45) is 12.9. The number of aryl methyl sites for hydroxylation is 1. The molecule has 1 aliphatic heterocycles. The van der Waals surface area contributed by atoms with E-state index in [4.69, 9.17) is 9.72 Å². The van der Waals surface area contributed by atoms with E-state index in [0.717, 1.165) is 55.7 Å². The van der Waals surface area contributed by atoms with Gasteiger partial charge in [0.25, 0.3) is 0 Å². The van der Waals surface area contributed by atoms with Crippen molar-refractivity contribution in [3.63, 3.8) is 0 Å². The average molecular weight is 422 g/mol.